The van der Waals surface area contributed by atoms with E-state index in [9.17, 15) is 4.79 Å². The molecule has 0 aromatic carbocycles. The van der Waals surface area contributed by atoms with Crippen LogP contribution in [0.15, 0.2) is 14.5 Å². The summed E-state index contributed by atoms with van der Waals surface area (Å²) in [6, 6.07) is 0. The van der Waals surface area contributed by atoms with E-state index in [-0.39, 0.29) is 10.9 Å². The van der Waals surface area contributed by atoms with Crippen LogP contribution in [0.1, 0.15) is 30.3 Å². The number of thioether (sulfide) groups is 1. The lowest BCUT2D eigenvalue weighted by Crippen LogP contribution is -2.18. The van der Waals surface area contributed by atoms with Gasteiger partial charge in [-0.15, -0.1) is 5.10 Å². The van der Waals surface area contributed by atoms with Gasteiger partial charge in [-0.2, -0.15) is 4.98 Å². The quantitative estimate of drug-likeness (QED) is 0.604. The first-order valence-electron chi connectivity index (χ1n) is 6.23. The van der Waals surface area contributed by atoms with Crippen molar-refractivity contribution in [2.75, 3.05) is 13.7 Å². The zero-order chi connectivity index (χ0) is 14.5. The summed E-state index contributed by atoms with van der Waals surface area (Å²) in [5, 5.41) is 10.8. The lowest BCUT2D eigenvalue weighted by atomic mass is 10.4. The molecule has 0 saturated carbocycles. The molecule has 110 valence electrons. The van der Waals surface area contributed by atoms with Gasteiger partial charge in [0.1, 0.15) is 0 Å². The number of aryl methyl sites for hydroxylation is 1. The summed E-state index contributed by atoms with van der Waals surface area (Å²) >= 11 is 1.40. The first-order valence-corrected chi connectivity index (χ1v) is 7.10. The van der Waals surface area contributed by atoms with E-state index >= 15 is 0 Å². The molecule has 20 heavy (non-hydrogen) atoms. The maximum Gasteiger partial charge on any atom is 0.343 e. The highest BCUT2D eigenvalue weighted by Gasteiger charge is 2.18. The van der Waals surface area contributed by atoms with Gasteiger partial charge < -0.3 is 9.26 Å². The lowest BCUT2D eigenvalue weighted by Gasteiger charge is -2.07. The molecule has 1 atom stereocenters. The minimum Gasteiger partial charge on any atom is -0.385 e. The predicted octanol–water partition coefficient (Wildman–Crippen LogP) is 1.15. The van der Waals surface area contributed by atoms with Gasteiger partial charge in [0.05, 0.1) is 5.25 Å². The van der Waals surface area contributed by atoms with Gasteiger partial charge in [-0.1, -0.05) is 16.9 Å². The second-order valence-corrected chi connectivity index (χ2v) is 5.56. The van der Waals surface area contributed by atoms with Crippen molar-refractivity contribution in [3.63, 3.8) is 0 Å². The van der Waals surface area contributed by atoms with Crippen molar-refractivity contribution in [3.8, 4) is 0 Å². The van der Waals surface area contributed by atoms with Crippen LogP contribution in [0.5, 0.6) is 0 Å². The Labute approximate surface area is 119 Å². The van der Waals surface area contributed by atoms with E-state index in [0.717, 1.165) is 6.42 Å². The summed E-state index contributed by atoms with van der Waals surface area (Å²) in [4.78, 5) is 15.9. The molecular formula is C11H17N5O3S. The van der Waals surface area contributed by atoms with Gasteiger partial charge in [-0.05, 0) is 20.3 Å². The van der Waals surface area contributed by atoms with E-state index in [1.165, 1.54) is 11.8 Å². The molecule has 2 aromatic rings. The van der Waals surface area contributed by atoms with Crippen LogP contribution in [-0.4, -0.2) is 38.6 Å². The molecule has 0 bridgehead atoms. The van der Waals surface area contributed by atoms with Crippen LogP contribution in [0.4, 0.5) is 0 Å². The zero-order valence-electron chi connectivity index (χ0n) is 11.6. The Morgan fingerprint density at radius 3 is 3.00 bits per heavy atom. The maximum atomic E-state index is 11.7. The van der Waals surface area contributed by atoms with Gasteiger partial charge in [-0.3, -0.25) is 4.57 Å². The van der Waals surface area contributed by atoms with E-state index in [1.54, 1.807) is 18.6 Å². The van der Waals surface area contributed by atoms with Crippen molar-refractivity contribution in [2.45, 2.75) is 37.2 Å². The van der Waals surface area contributed by atoms with Crippen LogP contribution in [0.25, 0.3) is 0 Å². The molecule has 0 fully saturated rings. The SMILES string of the molecule is COCCCn1c(SC(C)c2nc(C)no2)n[nH]c1=O. The number of ether oxygens (including phenoxy) is 1. The minimum atomic E-state index is -0.225. The third-order valence-corrected chi connectivity index (χ3v) is 3.70. The van der Waals surface area contributed by atoms with Gasteiger partial charge in [0.15, 0.2) is 11.0 Å². The van der Waals surface area contributed by atoms with E-state index in [1.807, 2.05) is 6.92 Å². The summed E-state index contributed by atoms with van der Waals surface area (Å²) in [5.41, 5.74) is -0.225. The third-order valence-electron chi connectivity index (χ3n) is 2.63. The fourth-order valence-electron chi connectivity index (χ4n) is 1.64. The van der Waals surface area contributed by atoms with Crippen LogP contribution >= 0.6 is 11.8 Å². The Hall–Kier alpha value is -1.61. The first-order chi connectivity index (χ1) is 9.61. The number of nitrogens with one attached hydrogen (secondary N) is 1. The van der Waals surface area contributed by atoms with Gasteiger partial charge in [0, 0.05) is 20.3 Å². The number of methoxy groups -OCH3 is 1. The number of H-pyrrole nitrogens is 1. The van der Waals surface area contributed by atoms with Gasteiger partial charge >= 0.3 is 5.69 Å². The van der Waals surface area contributed by atoms with Crippen LogP contribution in [0, 0.1) is 6.92 Å². The summed E-state index contributed by atoms with van der Waals surface area (Å²) < 4.78 is 11.7. The fraction of sp³-hybridized carbons (Fsp3) is 0.636. The second kappa shape index (κ2) is 6.71. The van der Waals surface area contributed by atoms with Crippen molar-refractivity contribution in [1.29, 1.82) is 0 Å². The van der Waals surface area contributed by atoms with Crippen molar-refractivity contribution in [1.82, 2.24) is 24.9 Å². The zero-order valence-corrected chi connectivity index (χ0v) is 12.4. The van der Waals surface area contributed by atoms with E-state index < -0.39 is 0 Å². The molecule has 0 spiro atoms. The molecule has 0 radical (unpaired) electrons. The maximum absolute atomic E-state index is 11.7. The Morgan fingerprint density at radius 2 is 2.35 bits per heavy atom. The molecule has 9 heteroatoms. The average molecular weight is 299 g/mol. The number of aromatic amines is 1. The topological polar surface area (TPSA) is 98.8 Å². The van der Waals surface area contributed by atoms with Crippen molar-refractivity contribution < 1.29 is 9.26 Å². The predicted molar refractivity (Wildman–Crippen MR) is 72.6 cm³/mol. The Kier molecular flexibility index (Phi) is 4.96. The first kappa shape index (κ1) is 14.8. The fourth-order valence-corrected chi connectivity index (χ4v) is 2.56. The smallest absolute Gasteiger partial charge is 0.343 e. The highest BCUT2D eigenvalue weighted by molar-refractivity contribution is 7.99. The van der Waals surface area contributed by atoms with Gasteiger partial charge in [-0.25, -0.2) is 9.89 Å². The normalized spacial score (nSPS) is 12.8. The molecule has 2 aromatic heterocycles. The highest BCUT2D eigenvalue weighted by atomic mass is 32.2. The molecule has 1 N–H and O–H groups in total. The highest BCUT2D eigenvalue weighted by Crippen LogP contribution is 2.31. The summed E-state index contributed by atoms with van der Waals surface area (Å²) in [7, 11) is 1.63. The summed E-state index contributed by atoms with van der Waals surface area (Å²) in [5.74, 6) is 1.11. The van der Waals surface area contributed by atoms with Crippen LogP contribution in [0.3, 0.4) is 0 Å². The van der Waals surface area contributed by atoms with Crippen molar-refractivity contribution in [3.05, 3.63) is 22.2 Å². The largest absolute Gasteiger partial charge is 0.385 e. The number of hydrogen-bond acceptors (Lipinski definition) is 7. The lowest BCUT2D eigenvalue weighted by molar-refractivity contribution is 0.189. The monoisotopic (exact) mass is 299 g/mol. The molecule has 0 aliphatic heterocycles. The molecule has 2 heterocycles. The summed E-state index contributed by atoms with van der Waals surface area (Å²) in [6.07, 6.45) is 0.748. The van der Waals surface area contributed by atoms with E-state index in [2.05, 4.69) is 20.3 Å². The third kappa shape index (κ3) is 3.48. The average Bonchev–Trinajstić information content (AvgIpc) is 2.99. The Bertz CT molecular complexity index is 605. The molecule has 1 unspecified atom stereocenters. The Balaban J connectivity index is 2.07. The van der Waals surface area contributed by atoms with Crippen molar-refractivity contribution in [2.24, 2.45) is 0 Å². The molecule has 0 aliphatic carbocycles. The molecule has 0 amide bonds. The minimum absolute atomic E-state index is 0.0763. The number of hydrogen-bond donors (Lipinski definition) is 1. The Morgan fingerprint density at radius 1 is 1.55 bits per heavy atom. The number of rotatable bonds is 7. The molecule has 0 saturated heterocycles. The van der Waals surface area contributed by atoms with E-state index in [4.69, 9.17) is 9.26 Å². The molecular weight excluding hydrogens is 282 g/mol. The van der Waals surface area contributed by atoms with Crippen molar-refractivity contribution >= 4 is 11.8 Å². The second-order valence-electron chi connectivity index (χ2n) is 4.25. The van der Waals surface area contributed by atoms with Gasteiger partial charge in [0.2, 0.25) is 5.89 Å². The van der Waals surface area contributed by atoms with Gasteiger partial charge in [0.25, 0.3) is 0 Å². The molecule has 2 rings (SSSR count). The van der Waals surface area contributed by atoms with Crippen LogP contribution in [0.2, 0.25) is 0 Å². The summed E-state index contributed by atoms with van der Waals surface area (Å²) in [6.45, 7) is 4.84. The molecule has 0 aliphatic rings. The van der Waals surface area contributed by atoms with Crippen LogP contribution in [-0.2, 0) is 11.3 Å². The standard InChI is InChI=1S/C11H17N5O3S/c1-7(9-12-8(2)15-19-9)20-11-14-13-10(17)16(11)5-4-6-18-3/h7H,4-6H2,1-3H3,(H,13,17). The number of nitrogens with zero attached hydrogens (tertiary/aromatic N) is 4. The number of aromatic nitrogens is 5. The van der Waals surface area contributed by atoms with Crippen LogP contribution < -0.4 is 5.69 Å². The molecule has 8 nitrogen and oxygen atoms in total. The van der Waals surface area contributed by atoms with E-state index in [0.29, 0.717) is 30.0 Å².